The molecule has 2 heterocycles. The first-order valence-corrected chi connectivity index (χ1v) is 16.1. The van der Waals surface area contributed by atoms with Gasteiger partial charge >= 0.3 is 0 Å². The van der Waals surface area contributed by atoms with E-state index in [1.54, 1.807) is 18.0 Å². The maximum absolute atomic E-state index is 6.24. The molecule has 1 aliphatic carbocycles. The van der Waals surface area contributed by atoms with Gasteiger partial charge in [0.25, 0.3) is 0 Å². The molecule has 0 saturated carbocycles. The fraction of sp³-hybridized carbons (Fsp3) is 0.0476. The number of fused-ring (bicyclic) bond motifs is 8. The lowest BCUT2D eigenvalue weighted by Crippen LogP contribution is -1.98. The predicted octanol–water partition coefficient (Wildman–Crippen LogP) is 11.7. The van der Waals surface area contributed by atoms with Gasteiger partial charge in [0.05, 0.1) is 9.79 Å². The van der Waals surface area contributed by atoms with Crippen LogP contribution in [0.15, 0.2) is 148 Å². The monoisotopic (exact) mass is 593 g/mol. The number of ether oxygens (including phenoxy) is 1. The number of hydrogen-bond donors (Lipinski definition) is 0. The highest BCUT2D eigenvalue weighted by molar-refractivity contribution is 7.99. The van der Waals surface area contributed by atoms with Crippen molar-refractivity contribution >= 4 is 51.2 Å². The van der Waals surface area contributed by atoms with Gasteiger partial charge in [-0.15, -0.1) is 5.73 Å². The summed E-state index contributed by atoms with van der Waals surface area (Å²) in [6.45, 7) is 0. The molecule has 45 heavy (non-hydrogen) atoms. The van der Waals surface area contributed by atoms with E-state index >= 15 is 0 Å². The van der Waals surface area contributed by atoms with Gasteiger partial charge in [0.2, 0.25) is 0 Å². The summed E-state index contributed by atoms with van der Waals surface area (Å²) in [6.07, 6.45) is 14.3. The number of nitrogens with zero attached hydrogens (tertiary/aromatic N) is 1. The predicted molar refractivity (Wildman–Crippen MR) is 189 cm³/mol. The van der Waals surface area contributed by atoms with Crippen LogP contribution in [0.3, 0.4) is 0 Å². The number of aliphatic imine (C=N–C) groups is 1. The fourth-order valence-electron chi connectivity index (χ4n) is 6.73. The van der Waals surface area contributed by atoms with E-state index in [1.165, 1.54) is 38.2 Å². The Bertz CT molecular complexity index is 2370. The third-order valence-electron chi connectivity index (χ3n) is 8.88. The first-order valence-electron chi connectivity index (χ1n) is 15.3. The van der Waals surface area contributed by atoms with Crippen molar-refractivity contribution in [1.82, 2.24) is 0 Å². The Labute approximate surface area is 266 Å². The lowest BCUT2D eigenvalue weighted by molar-refractivity contribution is 0.454. The van der Waals surface area contributed by atoms with Crippen molar-refractivity contribution < 1.29 is 4.74 Å². The molecular formula is C42H27NOS. The van der Waals surface area contributed by atoms with Crippen LogP contribution < -0.4 is 4.74 Å². The quantitative estimate of drug-likeness (QED) is 0.150. The van der Waals surface area contributed by atoms with Crippen LogP contribution >= 0.6 is 11.8 Å². The van der Waals surface area contributed by atoms with Gasteiger partial charge < -0.3 is 4.74 Å². The van der Waals surface area contributed by atoms with Crippen molar-refractivity contribution in [3.8, 4) is 33.8 Å². The molecule has 0 spiro atoms. The van der Waals surface area contributed by atoms with E-state index in [2.05, 4.69) is 114 Å². The second-order valence-corrected chi connectivity index (χ2v) is 12.7. The van der Waals surface area contributed by atoms with Crippen molar-refractivity contribution in [2.45, 2.75) is 22.6 Å². The molecule has 0 atom stereocenters. The van der Waals surface area contributed by atoms with Crippen LogP contribution in [-0.2, 0) is 6.42 Å². The highest BCUT2D eigenvalue weighted by Gasteiger charge is 2.19. The molecule has 2 nitrogen and oxygen atoms in total. The Balaban J connectivity index is 1.23. The minimum Gasteiger partial charge on any atom is -0.455 e. The van der Waals surface area contributed by atoms with Gasteiger partial charge in [-0.1, -0.05) is 78.5 Å². The van der Waals surface area contributed by atoms with Gasteiger partial charge in [-0.2, -0.15) is 0 Å². The molecule has 0 fully saturated rings. The highest BCUT2D eigenvalue weighted by Crippen LogP contribution is 2.48. The average Bonchev–Trinajstić information content (AvgIpc) is 3.40. The summed E-state index contributed by atoms with van der Waals surface area (Å²) in [4.78, 5) is 6.72. The molecule has 212 valence electrons. The van der Waals surface area contributed by atoms with Gasteiger partial charge in [-0.3, -0.25) is 4.99 Å². The van der Waals surface area contributed by atoms with Crippen LogP contribution in [0, 0.1) is 0 Å². The van der Waals surface area contributed by atoms with E-state index in [0.717, 1.165) is 62.0 Å². The third-order valence-corrected chi connectivity index (χ3v) is 9.97. The zero-order chi connectivity index (χ0) is 29.7. The van der Waals surface area contributed by atoms with Crippen molar-refractivity contribution in [3.05, 3.63) is 150 Å². The van der Waals surface area contributed by atoms with Crippen LogP contribution in [0.4, 0.5) is 0 Å². The van der Waals surface area contributed by atoms with Crippen molar-refractivity contribution in [1.29, 1.82) is 0 Å². The number of hydrogen-bond acceptors (Lipinski definition) is 3. The van der Waals surface area contributed by atoms with Crippen LogP contribution in [0.2, 0.25) is 0 Å². The molecule has 6 aromatic rings. The Kier molecular flexibility index (Phi) is 6.19. The highest BCUT2D eigenvalue weighted by atomic mass is 32.2. The zero-order valence-electron chi connectivity index (χ0n) is 24.5. The third kappa shape index (κ3) is 4.57. The molecule has 0 bridgehead atoms. The lowest BCUT2D eigenvalue weighted by Gasteiger charge is -2.20. The van der Waals surface area contributed by atoms with E-state index in [-0.39, 0.29) is 0 Å². The summed E-state index contributed by atoms with van der Waals surface area (Å²) >= 11 is 1.76. The largest absolute Gasteiger partial charge is 0.455 e. The fourth-order valence-corrected chi connectivity index (χ4v) is 7.72. The van der Waals surface area contributed by atoms with E-state index in [0.29, 0.717) is 0 Å². The normalized spacial score (nSPS) is 14.4. The molecule has 9 rings (SSSR count). The first-order chi connectivity index (χ1) is 22.3. The Morgan fingerprint density at radius 1 is 0.644 bits per heavy atom. The molecule has 0 aromatic heterocycles. The Morgan fingerprint density at radius 2 is 1.40 bits per heavy atom. The number of para-hydroxylation sites is 1. The van der Waals surface area contributed by atoms with Gasteiger partial charge in [0.15, 0.2) is 0 Å². The number of rotatable bonds is 3. The molecule has 0 N–H and O–H groups in total. The van der Waals surface area contributed by atoms with E-state index < -0.39 is 0 Å². The van der Waals surface area contributed by atoms with Crippen LogP contribution in [0.5, 0.6) is 11.5 Å². The number of benzene rings is 6. The van der Waals surface area contributed by atoms with E-state index in [4.69, 9.17) is 4.74 Å². The lowest BCUT2D eigenvalue weighted by atomic mass is 9.85. The second kappa shape index (κ2) is 10.7. The minimum atomic E-state index is 0.894. The van der Waals surface area contributed by atoms with Crippen LogP contribution in [-0.4, -0.2) is 6.21 Å². The average molecular weight is 594 g/mol. The topological polar surface area (TPSA) is 21.6 Å². The van der Waals surface area contributed by atoms with E-state index in [1.807, 2.05) is 30.5 Å². The SMILES string of the molecule is C1=CC=CN=CC=1c1cc(-c2ccc3c(c2)Sc2ccccc2O3)cc(-c2ccc3c(c2)c2c(c4ccccc43)CCC=C2)c1. The number of aryl methyl sites for hydroxylation is 1. The van der Waals surface area contributed by atoms with Crippen molar-refractivity contribution in [2.24, 2.45) is 4.99 Å². The summed E-state index contributed by atoms with van der Waals surface area (Å²) in [7, 11) is 0. The summed E-state index contributed by atoms with van der Waals surface area (Å²) < 4.78 is 6.24. The zero-order valence-corrected chi connectivity index (χ0v) is 25.3. The Hall–Kier alpha value is -5.34. The van der Waals surface area contributed by atoms with Gasteiger partial charge in [0, 0.05) is 18.0 Å². The molecule has 0 radical (unpaired) electrons. The van der Waals surface area contributed by atoms with Gasteiger partial charge in [0.1, 0.15) is 11.5 Å². The number of allylic oxidation sites excluding steroid dienone is 3. The summed E-state index contributed by atoms with van der Waals surface area (Å²) in [5, 5.41) is 5.31. The molecule has 3 aliphatic rings. The maximum atomic E-state index is 6.24. The van der Waals surface area contributed by atoms with Gasteiger partial charge in [-0.05, 0) is 134 Å². The standard InChI is InChI=1S/C42H27NOS/c1-2-12-35-33(10-1)34-11-3-4-13-36(34)38-24-27(16-18-37(35)38)30-21-31(23-32(22-30)29-9-7-8-20-43-26-29)28-17-19-40-42(25-28)45-41-15-6-5-14-39(41)44-40/h1-2,4-8,10,12-26H,3,11H2. The summed E-state index contributed by atoms with van der Waals surface area (Å²) in [5.41, 5.74) is 12.9. The summed E-state index contributed by atoms with van der Waals surface area (Å²) in [6, 6.07) is 37.4. The van der Waals surface area contributed by atoms with Gasteiger partial charge in [-0.25, -0.2) is 0 Å². The first kappa shape index (κ1) is 26.1. The van der Waals surface area contributed by atoms with Crippen LogP contribution in [0.25, 0.3) is 55.4 Å². The molecule has 3 heteroatoms. The molecule has 6 aromatic carbocycles. The Morgan fingerprint density at radius 3 is 2.33 bits per heavy atom. The summed E-state index contributed by atoms with van der Waals surface area (Å²) in [5.74, 6) is 1.80. The molecule has 0 amide bonds. The minimum absolute atomic E-state index is 0.894. The molecule has 0 unspecified atom stereocenters. The van der Waals surface area contributed by atoms with Crippen molar-refractivity contribution in [2.75, 3.05) is 0 Å². The maximum Gasteiger partial charge on any atom is 0.141 e. The second-order valence-electron chi connectivity index (χ2n) is 11.6. The van der Waals surface area contributed by atoms with E-state index in [9.17, 15) is 0 Å². The molecule has 2 aliphatic heterocycles. The molecule has 0 saturated heterocycles. The van der Waals surface area contributed by atoms with Crippen molar-refractivity contribution in [3.63, 3.8) is 0 Å². The molecular weight excluding hydrogens is 567 g/mol. The smallest absolute Gasteiger partial charge is 0.141 e. The van der Waals surface area contributed by atoms with Crippen LogP contribution in [0.1, 0.15) is 23.1 Å².